The van der Waals surface area contributed by atoms with E-state index < -0.39 is 0 Å². The van der Waals surface area contributed by atoms with E-state index in [1.165, 1.54) is 0 Å². The van der Waals surface area contributed by atoms with Gasteiger partial charge in [0.25, 0.3) is 11.8 Å². The van der Waals surface area contributed by atoms with Crippen LogP contribution < -0.4 is 10.6 Å². The summed E-state index contributed by atoms with van der Waals surface area (Å²) >= 11 is 5.04. The van der Waals surface area contributed by atoms with Crippen molar-refractivity contribution in [2.45, 2.75) is 6.42 Å². The zero-order chi connectivity index (χ0) is 15.8. The first kappa shape index (κ1) is 15.9. The van der Waals surface area contributed by atoms with Crippen LogP contribution >= 0.6 is 12.2 Å². The summed E-state index contributed by atoms with van der Waals surface area (Å²) in [7, 11) is 0. The summed E-state index contributed by atoms with van der Waals surface area (Å²) in [5, 5.41) is 5.58. The Bertz CT molecular complexity index is 698. The van der Waals surface area contributed by atoms with Crippen LogP contribution in [0.25, 0.3) is 0 Å². The van der Waals surface area contributed by atoms with Gasteiger partial charge in [0.2, 0.25) is 0 Å². The highest BCUT2D eigenvalue weighted by Crippen LogP contribution is 1.99. The number of carbonyl (C=O) groups is 2. The topological polar surface area (TPSA) is 74.0 Å². The van der Waals surface area contributed by atoms with Crippen LogP contribution in [0.15, 0.2) is 48.7 Å². The van der Waals surface area contributed by atoms with Gasteiger partial charge in [0.1, 0.15) is 4.64 Å². The van der Waals surface area contributed by atoms with E-state index in [2.05, 4.69) is 15.6 Å². The first-order valence-electron chi connectivity index (χ1n) is 6.97. The smallest absolute Gasteiger partial charge is 0.254 e. The van der Waals surface area contributed by atoms with E-state index in [9.17, 15) is 9.59 Å². The molecular weight excluding hydrogens is 298 g/mol. The molecular formula is C16H17N3O2S. The van der Waals surface area contributed by atoms with Gasteiger partial charge in [-0.2, -0.15) is 0 Å². The summed E-state index contributed by atoms with van der Waals surface area (Å²) in [4.78, 5) is 26.5. The van der Waals surface area contributed by atoms with E-state index in [4.69, 9.17) is 12.2 Å². The third-order valence-electron chi connectivity index (χ3n) is 3.02. The van der Waals surface area contributed by atoms with E-state index >= 15 is 0 Å². The van der Waals surface area contributed by atoms with Gasteiger partial charge in [-0.05, 0) is 30.7 Å². The van der Waals surface area contributed by atoms with Crippen molar-refractivity contribution in [3.8, 4) is 0 Å². The number of nitrogens with one attached hydrogen (secondary N) is 3. The quantitative estimate of drug-likeness (QED) is 0.565. The Hall–Kier alpha value is -2.47. The maximum absolute atomic E-state index is 11.9. The molecule has 0 atom stereocenters. The molecule has 5 nitrogen and oxygen atoms in total. The highest BCUT2D eigenvalue weighted by Gasteiger charge is 2.06. The SMILES string of the molecule is O=C(NCCCNC(=O)c1ccc[nH]c1=S)c1ccccc1. The molecule has 0 saturated heterocycles. The molecule has 0 unspecified atom stereocenters. The number of hydrogen-bond donors (Lipinski definition) is 3. The molecule has 3 N–H and O–H groups in total. The molecule has 2 rings (SSSR count). The Morgan fingerprint density at radius 2 is 1.64 bits per heavy atom. The maximum Gasteiger partial charge on any atom is 0.254 e. The van der Waals surface area contributed by atoms with Gasteiger partial charge in [-0.25, -0.2) is 0 Å². The number of carbonyl (C=O) groups excluding carboxylic acids is 2. The zero-order valence-electron chi connectivity index (χ0n) is 12.0. The Balaban J connectivity index is 1.70. The van der Waals surface area contributed by atoms with Gasteiger partial charge >= 0.3 is 0 Å². The summed E-state index contributed by atoms with van der Waals surface area (Å²) in [5.74, 6) is -0.325. The lowest BCUT2D eigenvalue weighted by Crippen LogP contribution is -2.30. The van der Waals surface area contributed by atoms with E-state index in [1.807, 2.05) is 18.2 Å². The third kappa shape index (κ3) is 4.53. The summed E-state index contributed by atoms with van der Waals surface area (Å²) in [5.41, 5.74) is 1.08. The number of amides is 2. The molecule has 1 aromatic heterocycles. The second-order valence-corrected chi connectivity index (χ2v) is 5.05. The van der Waals surface area contributed by atoms with Gasteiger partial charge in [-0.3, -0.25) is 9.59 Å². The molecule has 0 fully saturated rings. The minimum Gasteiger partial charge on any atom is -0.352 e. The number of H-pyrrole nitrogens is 1. The average Bonchev–Trinajstić information content (AvgIpc) is 2.55. The third-order valence-corrected chi connectivity index (χ3v) is 3.36. The lowest BCUT2D eigenvalue weighted by molar-refractivity contribution is 0.0951. The fraction of sp³-hybridized carbons (Fsp3) is 0.188. The molecule has 22 heavy (non-hydrogen) atoms. The average molecular weight is 315 g/mol. The second kappa shape index (κ2) is 8.09. The predicted molar refractivity (Wildman–Crippen MR) is 87.4 cm³/mol. The molecule has 114 valence electrons. The van der Waals surface area contributed by atoms with Crippen molar-refractivity contribution >= 4 is 24.0 Å². The normalized spacial score (nSPS) is 10.0. The summed E-state index contributed by atoms with van der Waals surface area (Å²) in [6, 6.07) is 12.4. The van der Waals surface area contributed by atoms with Crippen molar-refractivity contribution in [1.29, 1.82) is 0 Å². The Kier molecular flexibility index (Phi) is 5.85. The fourth-order valence-corrected chi connectivity index (χ4v) is 2.11. The van der Waals surface area contributed by atoms with Crippen molar-refractivity contribution in [3.63, 3.8) is 0 Å². The summed E-state index contributed by atoms with van der Waals surface area (Å²) < 4.78 is 0.414. The molecule has 0 spiro atoms. The van der Waals surface area contributed by atoms with Gasteiger partial charge in [0.15, 0.2) is 0 Å². The number of aromatic nitrogens is 1. The largest absolute Gasteiger partial charge is 0.352 e. The van der Waals surface area contributed by atoms with Gasteiger partial charge in [-0.1, -0.05) is 30.4 Å². The van der Waals surface area contributed by atoms with Crippen molar-refractivity contribution in [3.05, 3.63) is 64.4 Å². The standard InChI is InChI=1S/C16H17N3O2S/c20-14(12-6-2-1-3-7-12)17-10-5-11-18-15(21)13-8-4-9-19-16(13)22/h1-4,6-9H,5,10-11H2,(H,17,20)(H,18,21)(H,19,22). The van der Waals surface area contributed by atoms with Crippen LogP contribution in [0.2, 0.25) is 0 Å². The number of pyridine rings is 1. The predicted octanol–water partition coefficient (Wildman–Crippen LogP) is 2.29. The molecule has 1 aromatic carbocycles. The van der Waals surface area contributed by atoms with Crippen LogP contribution in [0.5, 0.6) is 0 Å². The number of rotatable bonds is 6. The van der Waals surface area contributed by atoms with Crippen LogP contribution in [0, 0.1) is 4.64 Å². The van der Waals surface area contributed by atoms with E-state index in [0.29, 0.717) is 35.3 Å². The van der Waals surface area contributed by atoms with E-state index in [0.717, 1.165) is 0 Å². The number of hydrogen-bond acceptors (Lipinski definition) is 3. The monoisotopic (exact) mass is 315 g/mol. The molecule has 1 heterocycles. The van der Waals surface area contributed by atoms with Crippen LogP contribution in [0.4, 0.5) is 0 Å². The first-order valence-corrected chi connectivity index (χ1v) is 7.38. The van der Waals surface area contributed by atoms with Crippen molar-refractivity contribution in [2.75, 3.05) is 13.1 Å². The molecule has 6 heteroatoms. The van der Waals surface area contributed by atoms with E-state index in [-0.39, 0.29) is 11.8 Å². The van der Waals surface area contributed by atoms with Crippen LogP contribution in [-0.2, 0) is 0 Å². The van der Waals surface area contributed by atoms with Gasteiger partial charge < -0.3 is 15.6 Å². The highest BCUT2D eigenvalue weighted by atomic mass is 32.1. The van der Waals surface area contributed by atoms with E-state index in [1.54, 1.807) is 30.5 Å². The molecule has 0 aliphatic heterocycles. The molecule has 2 aromatic rings. The zero-order valence-corrected chi connectivity index (χ0v) is 12.8. The van der Waals surface area contributed by atoms with Gasteiger partial charge in [0.05, 0.1) is 5.56 Å². The molecule has 0 bridgehead atoms. The Morgan fingerprint density at radius 3 is 2.32 bits per heavy atom. The molecule has 0 aliphatic carbocycles. The first-order chi connectivity index (χ1) is 10.7. The Morgan fingerprint density at radius 1 is 0.955 bits per heavy atom. The minimum atomic E-state index is -0.212. The second-order valence-electron chi connectivity index (χ2n) is 4.64. The molecule has 0 radical (unpaired) electrons. The lowest BCUT2D eigenvalue weighted by Gasteiger charge is -2.07. The fourth-order valence-electron chi connectivity index (χ4n) is 1.88. The number of benzene rings is 1. The summed E-state index contributed by atoms with van der Waals surface area (Å²) in [6.45, 7) is 0.966. The lowest BCUT2D eigenvalue weighted by atomic mass is 10.2. The number of aromatic amines is 1. The molecule has 0 aliphatic rings. The van der Waals surface area contributed by atoms with Gasteiger partial charge in [0, 0.05) is 24.8 Å². The maximum atomic E-state index is 11.9. The Labute approximate surface area is 133 Å². The van der Waals surface area contributed by atoms with Crippen molar-refractivity contribution < 1.29 is 9.59 Å². The minimum absolute atomic E-state index is 0.113. The highest BCUT2D eigenvalue weighted by molar-refractivity contribution is 7.71. The van der Waals surface area contributed by atoms with Crippen LogP contribution in [0.3, 0.4) is 0 Å². The summed E-state index contributed by atoms with van der Waals surface area (Å²) in [6.07, 6.45) is 2.33. The van der Waals surface area contributed by atoms with Gasteiger partial charge in [-0.15, -0.1) is 0 Å². The van der Waals surface area contributed by atoms with Crippen molar-refractivity contribution in [1.82, 2.24) is 15.6 Å². The molecule has 0 saturated carbocycles. The molecule has 2 amide bonds. The van der Waals surface area contributed by atoms with Crippen molar-refractivity contribution in [2.24, 2.45) is 0 Å². The van der Waals surface area contributed by atoms with Crippen LogP contribution in [0.1, 0.15) is 27.1 Å². The van der Waals surface area contributed by atoms with Crippen LogP contribution in [-0.4, -0.2) is 29.9 Å².